The monoisotopic (exact) mass is 237 g/mol. The minimum absolute atomic E-state index is 0.320. The van der Waals surface area contributed by atoms with Crippen LogP contribution in [-0.2, 0) is 4.74 Å². The van der Waals surface area contributed by atoms with Gasteiger partial charge >= 0.3 is 0 Å². The van der Waals surface area contributed by atoms with Crippen LogP contribution in [0.3, 0.4) is 0 Å². The molecule has 0 fully saturated rings. The first-order valence-electron chi connectivity index (χ1n) is 4.58. The molecule has 74 valence electrons. The van der Waals surface area contributed by atoms with Gasteiger partial charge in [0.15, 0.2) is 0 Å². The third-order valence-electron chi connectivity index (χ3n) is 1.91. The summed E-state index contributed by atoms with van der Waals surface area (Å²) in [6, 6.07) is 0. The molecule has 0 rings (SSSR count). The van der Waals surface area contributed by atoms with E-state index >= 15 is 0 Å². The van der Waals surface area contributed by atoms with Crippen molar-refractivity contribution in [1.29, 1.82) is 0 Å². The molecule has 1 N–H and O–H groups in total. The maximum atomic E-state index is 5.11. The quantitative estimate of drug-likeness (QED) is 0.542. The Morgan fingerprint density at radius 1 is 1.50 bits per heavy atom. The minimum Gasteiger partial charge on any atom is -0.380 e. The molecule has 0 amide bonds. The molecule has 2 atom stereocenters. The van der Waals surface area contributed by atoms with Crippen LogP contribution in [0.4, 0.5) is 0 Å². The molecule has 2 nitrogen and oxygen atoms in total. The van der Waals surface area contributed by atoms with E-state index in [2.05, 4.69) is 35.1 Å². The van der Waals surface area contributed by atoms with E-state index in [-0.39, 0.29) is 0 Å². The Kier molecular flexibility index (Phi) is 8.29. The molecule has 0 aliphatic rings. The number of nitrogens with one attached hydrogen (secondary N) is 1. The van der Waals surface area contributed by atoms with E-state index in [1.54, 1.807) is 7.11 Å². The Labute approximate surface area is 84.2 Å². The van der Waals surface area contributed by atoms with E-state index in [1.165, 1.54) is 12.8 Å². The fraction of sp³-hybridized carbons (Fsp3) is 1.00. The first-order valence-corrected chi connectivity index (χ1v) is 5.49. The van der Waals surface area contributed by atoms with Gasteiger partial charge in [0, 0.05) is 18.5 Å². The van der Waals surface area contributed by atoms with Crippen molar-refractivity contribution < 1.29 is 4.74 Å². The van der Waals surface area contributed by atoms with Gasteiger partial charge in [0.1, 0.15) is 0 Å². The third kappa shape index (κ3) is 7.07. The number of methoxy groups -OCH3 is 1. The normalized spacial score (nSPS) is 16.0. The van der Waals surface area contributed by atoms with Gasteiger partial charge in [0.2, 0.25) is 0 Å². The van der Waals surface area contributed by atoms with Crippen LogP contribution >= 0.6 is 15.9 Å². The van der Waals surface area contributed by atoms with Gasteiger partial charge in [-0.05, 0) is 26.3 Å². The van der Waals surface area contributed by atoms with Crippen molar-refractivity contribution in [2.75, 3.05) is 20.2 Å². The predicted octanol–water partition coefficient (Wildman–Crippen LogP) is 2.17. The second-order valence-electron chi connectivity index (χ2n) is 3.04. The van der Waals surface area contributed by atoms with Gasteiger partial charge in [0.25, 0.3) is 0 Å². The van der Waals surface area contributed by atoms with Gasteiger partial charge in [-0.25, -0.2) is 0 Å². The van der Waals surface area contributed by atoms with Crippen LogP contribution in [0.2, 0.25) is 0 Å². The molecule has 2 unspecified atom stereocenters. The van der Waals surface area contributed by atoms with E-state index in [0.29, 0.717) is 10.9 Å². The van der Waals surface area contributed by atoms with Crippen molar-refractivity contribution in [1.82, 2.24) is 5.32 Å². The molecule has 0 bridgehead atoms. The molecule has 0 aromatic rings. The van der Waals surface area contributed by atoms with Crippen LogP contribution in [0.15, 0.2) is 0 Å². The van der Waals surface area contributed by atoms with Gasteiger partial charge in [-0.2, -0.15) is 0 Å². The number of hydrogen-bond acceptors (Lipinski definition) is 2. The lowest BCUT2D eigenvalue weighted by Gasteiger charge is -2.11. The van der Waals surface area contributed by atoms with Crippen LogP contribution in [0.1, 0.15) is 26.7 Å². The lowest BCUT2D eigenvalue weighted by atomic mass is 10.2. The molecule has 0 aromatic carbocycles. The van der Waals surface area contributed by atoms with Crippen LogP contribution in [-0.4, -0.2) is 31.1 Å². The molecule has 0 spiro atoms. The molecule has 0 radical (unpaired) electrons. The Bertz CT molecular complexity index is 88.5. The SMILES string of the molecule is CCC(Br)CCNCC(C)OC. The molecule has 0 saturated carbocycles. The summed E-state index contributed by atoms with van der Waals surface area (Å²) < 4.78 is 5.11. The van der Waals surface area contributed by atoms with Crippen molar-refractivity contribution in [2.45, 2.75) is 37.6 Å². The molecule has 0 aliphatic carbocycles. The molecule has 0 saturated heterocycles. The topological polar surface area (TPSA) is 21.3 Å². The van der Waals surface area contributed by atoms with E-state index in [0.717, 1.165) is 13.1 Å². The molecule has 12 heavy (non-hydrogen) atoms. The van der Waals surface area contributed by atoms with Crippen LogP contribution in [0, 0.1) is 0 Å². The Balaban J connectivity index is 3.10. The highest BCUT2D eigenvalue weighted by atomic mass is 79.9. The van der Waals surface area contributed by atoms with Crippen molar-refractivity contribution in [3.05, 3.63) is 0 Å². The average molecular weight is 238 g/mol. The van der Waals surface area contributed by atoms with Crippen LogP contribution in [0.25, 0.3) is 0 Å². The first kappa shape index (κ1) is 12.4. The van der Waals surface area contributed by atoms with Crippen LogP contribution in [0.5, 0.6) is 0 Å². The van der Waals surface area contributed by atoms with Gasteiger partial charge in [0.05, 0.1) is 6.10 Å². The maximum Gasteiger partial charge on any atom is 0.0667 e. The summed E-state index contributed by atoms with van der Waals surface area (Å²) >= 11 is 3.59. The number of ether oxygens (including phenoxy) is 1. The highest BCUT2D eigenvalue weighted by Gasteiger charge is 2.01. The average Bonchev–Trinajstić information content (AvgIpc) is 2.11. The number of hydrogen-bond donors (Lipinski definition) is 1. The Morgan fingerprint density at radius 2 is 2.17 bits per heavy atom. The van der Waals surface area contributed by atoms with Crippen molar-refractivity contribution in [2.24, 2.45) is 0 Å². The van der Waals surface area contributed by atoms with Crippen molar-refractivity contribution in [3.63, 3.8) is 0 Å². The molecular weight excluding hydrogens is 218 g/mol. The first-order chi connectivity index (χ1) is 5.70. The van der Waals surface area contributed by atoms with E-state index in [9.17, 15) is 0 Å². The van der Waals surface area contributed by atoms with Crippen LogP contribution < -0.4 is 5.32 Å². The third-order valence-corrected chi connectivity index (χ3v) is 3.02. The lowest BCUT2D eigenvalue weighted by Crippen LogP contribution is -2.27. The summed E-state index contributed by atoms with van der Waals surface area (Å²) in [7, 11) is 1.74. The van der Waals surface area contributed by atoms with Gasteiger partial charge in [-0.15, -0.1) is 0 Å². The second kappa shape index (κ2) is 8.02. The van der Waals surface area contributed by atoms with Gasteiger partial charge < -0.3 is 10.1 Å². The van der Waals surface area contributed by atoms with E-state index in [1.807, 2.05) is 0 Å². The number of alkyl halides is 1. The molecule has 3 heteroatoms. The summed E-state index contributed by atoms with van der Waals surface area (Å²) in [5.74, 6) is 0. The fourth-order valence-corrected chi connectivity index (χ4v) is 1.08. The largest absolute Gasteiger partial charge is 0.380 e. The summed E-state index contributed by atoms with van der Waals surface area (Å²) in [5.41, 5.74) is 0. The molecule has 0 heterocycles. The van der Waals surface area contributed by atoms with E-state index < -0.39 is 0 Å². The minimum atomic E-state index is 0.320. The summed E-state index contributed by atoms with van der Waals surface area (Å²) in [6.45, 7) is 6.27. The standard InChI is InChI=1S/C9H20BrNO/c1-4-9(10)5-6-11-7-8(2)12-3/h8-9,11H,4-7H2,1-3H3. The molecule has 0 aromatic heterocycles. The second-order valence-corrected chi connectivity index (χ2v) is 4.34. The summed E-state index contributed by atoms with van der Waals surface area (Å²) in [4.78, 5) is 0.655. The molecular formula is C9H20BrNO. The zero-order valence-electron chi connectivity index (χ0n) is 8.27. The number of halogens is 1. The van der Waals surface area contributed by atoms with Gasteiger partial charge in [-0.3, -0.25) is 0 Å². The smallest absolute Gasteiger partial charge is 0.0667 e. The highest BCUT2D eigenvalue weighted by Crippen LogP contribution is 2.07. The molecule has 0 aliphatic heterocycles. The highest BCUT2D eigenvalue weighted by molar-refractivity contribution is 9.09. The lowest BCUT2D eigenvalue weighted by molar-refractivity contribution is 0.117. The summed E-state index contributed by atoms with van der Waals surface area (Å²) in [6.07, 6.45) is 2.70. The maximum absolute atomic E-state index is 5.11. The predicted molar refractivity (Wildman–Crippen MR) is 57.0 cm³/mol. The van der Waals surface area contributed by atoms with Crippen molar-refractivity contribution in [3.8, 4) is 0 Å². The van der Waals surface area contributed by atoms with Crippen molar-refractivity contribution >= 4 is 15.9 Å². The van der Waals surface area contributed by atoms with E-state index in [4.69, 9.17) is 4.74 Å². The van der Waals surface area contributed by atoms with Gasteiger partial charge in [-0.1, -0.05) is 22.9 Å². The Hall–Kier alpha value is 0.400. The number of rotatable bonds is 7. The fourth-order valence-electron chi connectivity index (χ4n) is 0.851. The zero-order chi connectivity index (χ0) is 9.40. The Morgan fingerprint density at radius 3 is 2.67 bits per heavy atom. The summed E-state index contributed by atoms with van der Waals surface area (Å²) in [5, 5.41) is 3.35. The zero-order valence-corrected chi connectivity index (χ0v) is 9.86.